The maximum Gasteiger partial charge on any atom is 0.417 e. The van der Waals surface area contributed by atoms with E-state index in [4.69, 9.17) is 9.47 Å². The van der Waals surface area contributed by atoms with Crippen LogP contribution in [0.1, 0.15) is 32.3 Å². The van der Waals surface area contributed by atoms with Gasteiger partial charge < -0.3 is 14.6 Å². The van der Waals surface area contributed by atoms with Gasteiger partial charge in [-0.1, -0.05) is 32.9 Å². The summed E-state index contributed by atoms with van der Waals surface area (Å²) in [6, 6.07) is 6.51. The summed E-state index contributed by atoms with van der Waals surface area (Å²) >= 11 is 0. The highest BCUT2D eigenvalue weighted by atomic mass is 16.6. The molecule has 0 aromatic heterocycles. The van der Waals surface area contributed by atoms with Crippen LogP contribution in [0.5, 0.6) is 5.75 Å². The van der Waals surface area contributed by atoms with Crippen molar-refractivity contribution in [3.8, 4) is 5.75 Å². The third kappa shape index (κ3) is 3.47. The number of ether oxygens (including phenoxy) is 2. The van der Waals surface area contributed by atoms with Crippen molar-refractivity contribution >= 4 is 12.0 Å². The summed E-state index contributed by atoms with van der Waals surface area (Å²) in [5, 5.41) is 9.68. The number of nitrogens with zero attached hydrogens (tertiary/aromatic N) is 1. The summed E-state index contributed by atoms with van der Waals surface area (Å²) in [7, 11) is 1.55. The molecule has 0 saturated carbocycles. The molecule has 6 nitrogen and oxygen atoms in total. The second-order valence-electron chi connectivity index (χ2n) is 6.68. The number of amides is 2. The highest BCUT2D eigenvalue weighted by molar-refractivity contribution is 5.97. The lowest BCUT2D eigenvalue weighted by molar-refractivity contribution is -0.133. The highest BCUT2D eigenvalue weighted by Gasteiger charge is 2.46. The lowest BCUT2D eigenvalue weighted by Gasteiger charge is -2.32. The molecule has 1 aromatic carbocycles. The molecule has 1 saturated heterocycles. The van der Waals surface area contributed by atoms with Crippen molar-refractivity contribution in [3.05, 3.63) is 29.8 Å². The Bertz CT molecular complexity index is 576. The minimum absolute atomic E-state index is 0.175. The van der Waals surface area contributed by atoms with Gasteiger partial charge in [0, 0.05) is 0 Å². The largest absolute Gasteiger partial charge is 0.497 e. The average molecular weight is 321 g/mol. The van der Waals surface area contributed by atoms with E-state index in [1.165, 1.54) is 0 Å². The van der Waals surface area contributed by atoms with Gasteiger partial charge in [-0.05, 0) is 23.1 Å². The summed E-state index contributed by atoms with van der Waals surface area (Å²) in [4.78, 5) is 26.0. The minimum Gasteiger partial charge on any atom is -0.497 e. The quantitative estimate of drug-likeness (QED) is 0.920. The smallest absolute Gasteiger partial charge is 0.417 e. The summed E-state index contributed by atoms with van der Waals surface area (Å²) in [5.74, 6) is -0.595. The van der Waals surface area contributed by atoms with Crippen molar-refractivity contribution in [1.82, 2.24) is 4.90 Å². The number of methoxy groups -OCH3 is 1. The van der Waals surface area contributed by atoms with Crippen molar-refractivity contribution in [2.45, 2.75) is 32.7 Å². The molecule has 0 spiro atoms. The van der Waals surface area contributed by atoms with Gasteiger partial charge in [-0.3, -0.25) is 4.79 Å². The maximum atomic E-state index is 12.8. The third-order valence-electron chi connectivity index (χ3n) is 4.11. The number of aliphatic hydroxyl groups excluding tert-OH is 1. The standard InChI is InChI=1S/C17H23NO5/c1-17(2,3)14-10-23-16(21)18(14)15(20)13(9-19)11-5-7-12(22-4)8-6-11/h5-8,13-14,19H,9-10H2,1-4H3/t13-,14+/m1/s1. The van der Waals surface area contributed by atoms with Gasteiger partial charge in [0.1, 0.15) is 12.4 Å². The zero-order valence-corrected chi connectivity index (χ0v) is 13.9. The van der Waals surface area contributed by atoms with Crippen LogP contribution in [0.25, 0.3) is 0 Å². The molecule has 2 atom stereocenters. The van der Waals surface area contributed by atoms with Gasteiger partial charge in [0.05, 0.1) is 25.7 Å². The minimum atomic E-state index is -0.809. The van der Waals surface area contributed by atoms with E-state index in [0.29, 0.717) is 11.3 Å². The fourth-order valence-corrected chi connectivity index (χ4v) is 2.63. The molecule has 1 aromatic rings. The molecule has 0 aliphatic carbocycles. The van der Waals surface area contributed by atoms with Crippen LogP contribution in [0.15, 0.2) is 24.3 Å². The molecule has 1 aliphatic heterocycles. The van der Waals surface area contributed by atoms with E-state index in [2.05, 4.69) is 0 Å². The number of carbonyl (C=O) groups is 2. The number of cyclic esters (lactones) is 1. The molecule has 0 unspecified atom stereocenters. The first kappa shape index (κ1) is 17.3. The molecule has 1 heterocycles. The summed E-state index contributed by atoms with van der Waals surface area (Å²) in [6.45, 7) is 5.63. The predicted molar refractivity (Wildman–Crippen MR) is 84.3 cm³/mol. The van der Waals surface area contributed by atoms with Crippen molar-refractivity contribution in [2.75, 3.05) is 20.3 Å². The Morgan fingerprint density at radius 1 is 1.39 bits per heavy atom. The number of hydrogen-bond donors (Lipinski definition) is 1. The van der Waals surface area contributed by atoms with Crippen LogP contribution in [-0.4, -0.2) is 48.4 Å². The van der Waals surface area contributed by atoms with Gasteiger partial charge >= 0.3 is 6.09 Å². The first-order valence-electron chi connectivity index (χ1n) is 7.54. The molecule has 1 N–H and O–H groups in total. The van der Waals surface area contributed by atoms with Crippen molar-refractivity contribution in [2.24, 2.45) is 5.41 Å². The van der Waals surface area contributed by atoms with Crippen LogP contribution in [0.3, 0.4) is 0 Å². The Hall–Kier alpha value is -2.08. The summed E-state index contributed by atoms with van der Waals surface area (Å²) < 4.78 is 10.1. The van der Waals surface area contributed by atoms with E-state index in [1.807, 2.05) is 20.8 Å². The lowest BCUT2D eigenvalue weighted by Crippen LogP contribution is -2.48. The molecule has 6 heteroatoms. The second kappa shape index (κ2) is 6.58. The van der Waals surface area contributed by atoms with Crippen LogP contribution >= 0.6 is 0 Å². The first-order chi connectivity index (χ1) is 10.8. The van der Waals surface area contributed by atoms with Gasteiger partial charge in [-0.25, -0.2) is 9.69 Å². The zero-order chi connectivity index (χ0) is 17.2. The molecular formula is C17H23NO5. The first-order valence-corrected chi connectivity index (χ1v) is 7.54. The number of imide groups is 1. The zero-order valence-electron chi connectivity index (χ0n) is 13.9. The van der Waals surface area contributed by atoms with E-state index in [0.717, 1.165) is 4.90 Å². The second-order valence-corrected chi connectivity index (χ2v) is 6.68. The van der Waals surface area contributed by atoms with Gasteiger partial charge in [0.2, 0.25) is 5.91 Å². The molecule has 1 fully saturated rings. The van der Waals surface area contributed by atoms with Gasteiger partial charge in [0.15, 0.2) is 0 Å². The number of aliphatic hydroxyl groups is 1. The van der Waals surface area contributed by atoms with Crippen molar-refractivity contribution < 1.29 is 24.2 Å². The predicted octanol–water partition coefficient (Wildman–Crippen LogP) is 2.16. The van der Waals surface area contributed by atoms with E-state index in [9.17, 15) is 14.7 Å². The Morgan fingerprint density at radius 3 is 2.48 bits per heavy atom. The molecule has 126 valence electrons. The van der Waals surface area contributed by atoms with Gasteiger partial charge in [-0.15, -0.1) is 0 Å². The molecule has 2 amide bonds. The fraction of sp³-hybridized carbons (Fsp3) is 0.529. The molecular weight excluding hydrogens is 298 g/mol. The molecule has 0 radical (unpaired) electrons. The van der Waals surface area contributed by atoms with E-state index >= 15 is 0 Å². The average Bonchev–Trinajstić information content (AvgIpc) is 2.90. The molecule has 23 heavy (non-hydrogen) atoms. The fourth-order valence-electron chi connectivity index (χ4n) is 2.63. The van der Waals surface area contributed by atoms with E-state index < -0.39 is 17.9 Å². The monoisotopic (exact) mass is 321 g/mol. The topological polar surface area (TPSA) is 76.1 Å². The Balaban J connectivity index is 2.29. The number of carbonyl (C=O) groups excluding carboxylic acids is 2. The summed E-state index contributed by atoms with van der Waals surface area (Å²) in [5.41, 5.74) is 0.326. The maximum absolute atomic E-state index is 12.8. The SMILES string of the molecule is COc1ccc([C@@H](CO)C(=O)N2C(=O)OC[C@H]2C(C)(C)C)cc1. The van der Waals surface area contributed by atoms with Crippen molar-refractivity contribution in [1.29, 1.82) is 0 Å². The lowest BCUT2D eigenvalue weighted by atomic mass is 9.86. The number of rotatable bonds is 4. The Kier molecular flexibility index (Phi) is 4.94. The van der Waals surface area contributed by atoms with Crippen LogP contribution in [0.4, 0.5) is 4.79 Å². The number of hydrogen-bond acceptors (Lipinski definition) is 5. The normalized spacial score (nSPS) is 19.4. The Morgan fingerprint density at radius 2 is 2.00 bits per heavy atom. The number of benzene rings is 1. The van der Waals surface area contributed by atoms with Crippen LogP contribution in [0.2, 0.25) is 0 Å². The van der Waals surface area contributed by atoms with E-state index in [-0.39, 0.29) is 24.7 Å². The van der Waals surface area contributed by atoms with Crippen molar-refractivity contribution in [3.63, 3.8) is 0 Å². The summed E-state index contributed by atoms with van der Waals surface area (Å²) in [6.07, 6.45) is -0.651. The third-order valence-corrected chi connectivity index (χ3v) is 4.11. The van der Waals surface area contributed by atoms with Gasteiger partial charge in [0.25, 0.3) is 0 Å². The van der Waals surface area contributed by atoms with Crippen LogP contribution in [0, 0.1) is 5.41 Å². The van der Waals surface area contributed by atoms with E-state index in [1.54, 1.807) is 31.4 Å². The molecule has 0 bridgehead atoms. The highest BCUT2D eigenvalue weighted by Crippen LogP contribution is 2.32. The van der Waals surface area contributed by atoms with Crippen LogP contribution in [-0.2, 0) is 9.53 Å². The molecule has 2 rings (SSSR count). The van der Waals surface area contributed by atoms with Crippen LogP contribution < -0.4 is 4.74 Å². The van der Waals surface area contributed by atoms with Gasteiger partial charge in [-0.2, -0.15) is 0 Å². The Labute approximate surface area is 136 Å². The molecule has 1 aliphatic rings.